The molecule has 3 N–H and O–H groups in total. The number of carbonyl (C=O) groups is 3. The Morgan fingerprint density at radius 3 is 2.73 bits per heavy atom. The van der Waals surface area contributed by atoms with Crippen molar-refractivity contribution >= 4 is 17.8 Å². The van der Waals surface area contributed by atoms with Gasteiger partial charge in [0.05, 0.1) is 19.1 Å². The highest BCUT2D eigenvalue weighted by molar-refractivity contribution is 5.91. The summed E-state index contributed by atoms with van der Waals surface area (Å²) in [6.07, 6.45) is 1.41. The number of esters is 1. The molecular formula is C18H31N3O5. The van der Waals surface area contributed by atoms with Crippen molar-refractivity contribution in [2.75, 3.05) is 13.2 Å². The van der Waals surface area contributed by atoms with Gasteiger partial charge in [0.25, 0.3) is 0 Å². The van der Waals surface area contributed by atoms with Gasteiger partial charge in [-0.05, 0) is 24.7 Å². The van der Waals surface area contributed by atoms with Crippen molar-refractivity contribution in [3.05, 3.63) is 0 Å². The molecule has 0 aliphatic carbocycles. The number of nitrogens with one attached hydrogen (secondary N) is 1. The van der Waals surface area contributed by atoms with E-state index in [2.05, 4.69) is 5.32 Å². The van der Waals surface area contributed by atoms with Gasteiger partial charge in [-0.15, -0.1) is 0 Å². The van der Waals surface area contributed by atoms with Crippen LogP contribution in [-0.4, -0.2) is 60.3 Å². The van der Waals surface area contributed by atoms with E-state index in [1.54, 1.807) is 4.90 Å². The molecule has 8 nitrogen and oxygen atoms in total. The fraction of sp³-hybridized carbons (Fsp3) is 0.833. The fourth-order valence-electron chi connectivity index (χ4n) is 3.17. The van der Waals surface area contributed by atoms with Crippen LogP contribution in [-0.2, 0) is 23.9 Å². The Hall–Kier alpha value is -1.67. The van der Waals surface area contributed by atoms with Crippen LogP contribution >= 0.6 is 0 Å². The molecule has 0 aromatic carbocycles. The molecular weight excluding hydrogens is 338 g/mol. The van der Waals surface area contributed by atoms with Crippen LogP contribution in [0.1, 0.15) is 53.4 Å². The Kier molecular flexibility index (Phi) is 6.63. The van der Waals surface area contributed by atoms with E-state index in [4.69, 9.17) is 15.2 Å². The van der Waals surface area contributed by atoms with Crippen molar-refractivity contribution in [1.82, 2.24) is 10.2 Å². The summed E-state index contributed by atoms with van der Waals surface area (Å²) in [6.45, 7) is 8.60. The number of amides is 2. The molecule has 26 heavy (non-hydrogen) atoms. The normalized spacial score (nSPS) is 27.3. The monoisotopic (exact) mass is 369 g/mol. The SMILES string of the molecule is CCCO[C@@H]1OC(=O)C[C@@H]1NC(=O)[C@@H]1CCCN1C(=O)[C@@H](N)C(C)(C)C. The number of cyclic esters (lactones) is 1. The largest absolute Gasteiger partial charge is 0.433 e. The first kappa shape index (κ1) is 20.6. The molecule has 2 heterocycles. The first-order valence-electron chi connectivity index (χ1n) is 9.32. The molecule has 0 saturated carbocycles. The maximum absolute atomic E-state index is 12.7. The molecule has 2 saturated heterocycles. The maximum atomic E-state index is 12.7. The summed E-state index contributed by atoms with van der Waals surface area (Å²) in [5, 5.41) is 2.83. The zero-order valence-corrected chi connectivity index (χ0v) is 16.1. The van der Waals surface area contributed by atoms with Crippen LogP contribution in [0.25, 0.3) is 0 Å². The molecule has 0 aromatic rings. The Labute approximate surface area is 154 Å². The van der Waals surface area contributed by atoms with E-state index in [0.717, 1.165) is 12.8 Å². The standard InChI is InChI=1S/C18H31N3O5/c1-5-9-25-17-11(10-13(22)26-17)20-15(23)12-7-6-8-21(12)16(24)14(19)18(2,3)4/h11-12,14,17H,5-10,19H2,1-4H3,(H,20,23)/t11-,12-,14+,17+/m0/s1. The molecule has 0 bridgehead atoms. The molecule has 4 atom stereocenters. The van der Waals surface area contributed by atoms with Gasteiger partial charge in [-0.2, -0.15) is 0 Å². The van der Waals surface area contributed by atoms with Crippen LogP contribution in [0, 0.1) is 5.41 Å². The second kappa shape index (κ2) is 8.35. The summed E-state index contributed by atoms with van der Waals surface area (Å²) in [7, 11) is 0. The molecule has 0 aromatic heterocycles. The minimum absolute atomic E-state index is 0.0717. The number of hydrogen-bond donors (Lipinski definition) is 2. The van der Waals surface area contributed by atoms with Gasteiger partial charge in [0, 0.05) is 6.54 Å². The third kappa shape index (κ3) is 4.73. The van der Waals surface area contributed by atoms with Gasteiger partial charge in [-0.25, -0.2) is 0 Å². The average Bonchev–Trinajstić information content (AvgIpc) is 3.17. The number of ether oxygens (including phenoxy) is 2. The van der Waals surface area contributed by atoms with E-state index in [1.165, 1.54) is 0 Å². The predicted molar refractivity (Wildman–Crippen MR) is 94.8 cm³/mol. The molecule has 0 spiro atoms. The highest BCUT2D eigenvalue weighted by Crippen LogP contribution is 2.25. The molecule has 148 valence electrons. The van der Waals surface area contributed by atoms with Crippen molar-refractivity contribution in [1.29, 1.82) is 0 Å². The summed E-state index contributed by atoms with van der Waals surface area (Å²) in [4.78, 5) is 38.6. The van der Waals surface area contributed by atoms with Crippen LogP contribution in [0.3, 0.4) is 0 Å². The van der Waals surface area contributed by atoms with Gasteiger partial charge in [0.15, 0.2) is 0 Å². The summed E-state index contributed by atoms with van der Waals surface area (Å²) in [5.41, 5.74) is 5.70. The lowest BCUT2D eigenvalue weighted by molar-refractivity contribution is -0.165. The van der Waals surface area contributed by atoms with Crippen LogP contribution in [0.4, 0.5) is 0 Å². The molecule has 2 amide bonds. The minimum Gasteiger partial charge on any atom is -0.433 e. The van der Waals surface area contributed by atoms with E-state index < -0.39 is 30.4 Å². The lowest BCUT2D eigenvalue weighted by Gasteiger charge is -2.33. The van der Waals surface area contributed by atoms with Crippen LogP contribution in [0.15, 0.2) is 0 Å². The molecule has 2 aliphatic heterocycles. The van der Waals surface area contributed by atoms with Crippen LogP contribution < -0.4 is 11.1 Å². The van der Waals surface area contributed by atoms with E-state index in [-0.39, 0.29) is 23.7 Å². The van der Waals surface area contributed by atoms with E-state index in [0.29, 0.717) is 19.6 Å². The lowest BCUT2D eigenvalue weighted by Crippen LogP contribution is -2.56. The van der Waals surface area contributed by atoms with E-state index in [1.807, 2.05) is 27.7 Å². The van der Waals surface area contributed by atoms with E-state index >= 15 is 0 Å². The van der Waals surface area contributed by atoms with Gasteiger partial charge >= 0.3 is 5.97 Å². The number of carbonyl (C=O) groups excluding carboxylic acids is 3. The number of rotatable bonds is 6. The molecule has 2 fully saturated rings. The third-order valence-corrected chi connectivity index (χ3v) is 4.81. The first-order valence-corrected chi connectivity index (χ1v) is 9.32. The van der Waals surface area contributed by atoms with Crippen molar-refractivity contribution in [3.8, 4) is 0 Å². The van der Waals surface area contributed by atoms with Gasteiger partial charge in [-0.1, -0.05) is 27.7 Å². The summed E-state index contributed by atoms with van der Waals surface area (Å²) in [5.74, 6) is -0.899. The summed E-state index contributed by atoms with van der Waals surface area (Å²) < 4.78 is 10.6. The Morgan fingerprint density at radius 1 is 1.42 bits per heavy atom. The summed E-state index contributed by atoms with van der Waals surface area (Å²) >= 11 is 0. The Morgan fingerprint density at radius 2 is 2.12 bits per heavy atom. The number of nitrogens with zero attached hydrogens (tertiary/aromatic N) is 1. The third-order valence-electron chi connectivity index (χ3n) is 4.81. The second-order valence-corrected chi connectivity index (χ2v) is 8.08. The smallest absolute Gasteiger partial charge is 0.310 e. The van der Waals surface area contributed by atoms with Crippen LogP contribution in [0.2, 0.25) is 0 Å². The van der Waals surface area contributed by atoms with Crippen molar-refractivity contribution in [2.24, 2.45) is 11.1 Å². The number of likely N-dealkylation sites (tertiary alicyclic amines) is 1. The topological polar surface area (TPSA) is 111 Å². The second-order valence-electron chi connectivity index (χ2n) is 8.08. The zero-order valence-electron chi connectivity index (χ0n) is 16.1. The Balaban J connectivity index is 2.01. The highest BCUT2D eigenvalue weighted by atomic mass is 16.7. The van der Waals surface area contributed by atoms with Crippen molar-refractivity contribution in [2.45, 2.75) is 77.8 Å². The van der Waals surface area contributed by atoms with Crippen molar-refractivity contribution in [3.63, 3.8) is 0 Å². The lowest BCUT2D eigenvalue weighted by atomic mass is 9.86. The molecule has 2 aliphatic rings. The van der Waals surface area contributed by atoms with Gasteiger partial charge in [0.2, 0.25) is 18.1 Å². The van der Waals surface area contributed by atoms with Crippen molar-refractivity contribution < 1.29 is 23.9 Å². The van der Waals surface area contributed by atoms with E-state index in [9.17, 15) is 14.4 Å². The number of hydrogen-bond acceptors (Lipinski definition) is 6. The molecule has 0 unspecified atom stereocenters. The number of nitrogens with two attached hydrogens (primary N) is 1. The maximum Gasteiger partial charge on any atom is 0.310 e. The highest BCUT2D eigenvalue weighted by Gasteiger charge is 2.42. The quantitative estimate of drug-likeness (QED) is 0.661. The van der Waals surface area contributed by atoms with Gasteiger partial charge in [-0.3, -0.25) is 14.4 Å². The molecule has 0 radical (unpaired) electrons. The Bertz CT molecular complexity index is 545. The molecule has 8 heteroatoms. The molecule has 2 rings (SSSR count). The fourth-order valence-corrected chi connectivity index (χ4v) is 3.17. The van der Waals surface area contributed by atoms with Crippen LogP contribution in [0.5, 0.6) is 0 Å². The zero-order chi connectivity index (χ0) is 19.5. The predicted octanol–water partition coefficient (Wildman–Crippen LogP) is 0.535. The van der Waals surface area contributed by atoms with Gasteiger partial charge in [0.1, 0.15) is 12.1 Å². The average molecular weight is 369 g/mol. The summed E-state index contributed by atoms with van der Waals surface area (Å²) in [6, 6.07) is -1.78. The first-order chi connectivity index (χ1) is 12.1. The van der Waals surface area contributed by atoms with Gasteiger partial charge < -0.3 is 25.4 Å². The minimum atomic E-state index is -0.770.